The number of nitrogens with one attached hydrogen (secondary N) is 2. The summed E-state index contributed by atoms with van der Waals surface area (Å²) in [6, 6.07) is 6.66. The Kier molecular flexibility index (Phi) is 3.59. The quantitative estimate of drug-likeness (QED) is 0.886. The average molecular weight is 267 g/mol. The number of benzene rings is 1. The van der Waals surface area contributed by atoms with Crippen LogP contribution in [0.15, 0.2) is 42.7 Å². The minimum Gasteiger partial charge on any atom is -0.387 e. The third-order valence-electron chi connectivity index (χ3n) is 2.53. The van der Waals surface area contributed by atoms with Crippen LogP contribution in [0.25, 0.3) is 0 Å². The van der Waals surface area contributed by atoms with Crippen molar-refractivity contribution in [3.63, 3.8) is 0 Å². The van der Waals surface area contributed by atoms with Gasteiger partial charge in [0.1, 0.15) is 0 Å². The van der Waals surface area contributed by atoms with Crippen LogP contribution in [0.1, 0.15) is 5.56 Å². The number of nitrogens with zero attached hydrogens (tertiary/aromatic N) is 1. The fourth-order valence-electron chi connectivity index (χ4n) is 1.55. The summed E-state index contributed by atoms with van der Waals surface area (Å²) < 4.78 is 37.2. The van der Waals surface area contributed by atoms with E-state index in [-0.39, 0.29) is 0 Å². The van der Waals surface area contributed by atoms with E-state index in [0.29, 0.717) is 11.4 Å². The van der Waals surface area contributed by atoms with Crippen molar-refractivity contribution in [2.24, 2.45) is 0 Å². The van der Waals surface area contributed by atoms with Crippen molar-refractivity contribution in [1.82, 2.24) is 4.98 Å². The summed E-state index contributed by atoms with van der Waals surface area (Å²) in [7, 11) is 1.76. The largest absolute Gasteiger partial charge is 0.416 e. The van der Waals surface area contributed by atoms with Crippen molar-refractivity contribution >= 4 is 17.1 Å². The summed E-state index contributed by atoms with van der Waals surface area (Å²) in [5.41, 5.74) is 1.42. The first-order chi connectivity index (χ1) is 8.99. The molecule has 0 amide bonds. The van der Waals surface area contributed by atoms with Gasteiger partial charge in [0.15, 0.2) is 0 Å². The molecule has 0 saturated carbocycles. The summed E-state index contributed by atoms with van der Waals surface area (Å²) in [5, 5.41) is 5.92. The first kappa shape index (κ1) is 13.2. The van der Waals surface area contributed by atoms with E-state index in [1.807, 2.05) is 6.07 Å². The summed E-state index contributed by atoms with van der Waals surface area (Å²) >= 11 is 0. The van der Waals surface area contributed by atoms with Crippen molar-refractivity contribution in [2.75, 3.05) is 17.7 Å². The fourth-order valence-corrected chi connectivity index (χ4v) is 1.55. The maximum atomic E-state index is 12.4. The third kappa shape index (κ3) is 3.37. The molecule has 2 N–H and O–H groups in total. The van der Waals surface area contributed by atoms with Gasteiger partial charge in [-0.1, -0.05) is 0 Å². The lowest BCUT2D eigenvalue weighted by atomic mass is 10.2. The molecule has 0 unspecified atom stereocenters. The SMILES string of the molecule is CNc1cncc(Nc2ccc(C(F)(F)F)cc2)c1. The van der Waals surface area contributed by atoms with E-state index in [1.165, 1.54) is 12.1 Å². The van der Waals surface area contributed by atoms with Crippen molar-refractivity contribution in [3.8, 4) is 0 Å². The second-order valence-electron chi connectivity index (χ2n) is 3.91. The number of aromatic nitrogens is 1. The highest BCUT2D eigenvalue weighted by atomic mass is 19.4. The van der Waals surface area contributed by atoms with Crippen LogP contribution in [0.3, 0.4) is 0 Å². The van der Waals surface area contributed by atoms with E-state index in [2.05, 4.69) is 15.6 Å². The number of rotatable bonds is 3. The van der Waals surface area contributed by atoms with E-state index in [4.69, 9.17) is 0 Å². The molecule has 0 aliphatic carbocycles. The molecule has 0 aliphatic heterocycles. The zero-order valence-corrected chi connectivity index (χ0v) is 10.1. The number of pyridine rings is 1. The number of hydrogen-bond donors (Lipinski definition) is 2. The normalized spacial score (nSPS) is 11.2. The highest BCUT2D eigenvalue weighted by Crippen LogP contribution is 2.30. The lowest BCUT2D eigenvalue weighted by Gasteiger charge is -2.10. The van der Waals surface area contributed by atoms with E-state index in [1.54, 1.807) is 19.4 Å². The smallest absolute Gasteiger partial charge is 0.387 e. The highest BCUT2D eigenvalue weighted by Gasteiger charge is 2.29. The van der Waals surface area contributed by atoms with Gasteiger partial charge in [-0.15, -0.1) is 0 Å². The van der Waals surface area contributed by atoms with Gasteiger partial charge in [0, 0.05) is 12.7 Å². The highest BCUT2D eigenvalue weighted by molar-refractivity contribution is 5.63. The van der Waals surface area contributed by atoms with Crippen molar-refractivity contribution in [1.29, 1.82) is 0 Å². The molecule has 0 aliphatic rings. The molecule has 100 valence electrons. The van der Waals surface area contributed by atoms with Gasteiger partial charge in [-0.3, -0.25) is 4.98 Å². The van der Waals surface area contributed by atoms with E-state index in [9.17, 15) is 13.2 Å². The molecule has 0 saturated heterocycles. The standard InChI is InChI=1S/C13H12F3N3/c1-17-11-6-12(8-18-7-11)19-10-4-2-9(3-5-10)13(14,15)16/h2-8,17,19H,1H3. The Bertz CT molecular complexity index is 550. The lowest BCUT2D eigenvalue weighted by molar-refractivity contribution is -0.137. The molecular weight excluding hydrogens is 255 g/mol. The van der Waals surface area contributed by atoms with Gasteiger partial charge in [0.2, 0.25) is 0 Å². The van der Waals surface area contributed by atoms with Crippen LogP contribution in [0, 0.1) is 0 Å². The molecule has 0 bridgehead atoms. The van der Waals surface area contributed by atoms with Gasteiger partial charge in [-0.2, -0.15) is 13.2 Å². The molecule has 3 nitrogen and oxygen atoms in total. The Balaban J connectivity index is 2.15. The Labute approximate surface area is 108 Å². The van der Waals surface area contributed by atoms with Crippen LogP contribution in [0.5, 0.6) is 0 Å². The zero-order chi connectivity index (χ0) is 13.9. The van der Waals surface area contributed by atoms with Gasteiger partial charge >= 0.3 is 6.18 Å². The van der Waals surface area contributed by atoms with Gasteiger partial charge < -0.3 is 10.6 Å². The average Bonchev–Trinajstić information content (AvgIpc) is 2.38. The predicted molar refractivity (Wildman–Crippen MR) is 68.5 cm³/mol. The fraction of sp³-hybridized carbons (Fsp3) is 0.154. The van der Waals surface area contributed by atoms with Gasteiger partial charge in [0.05, 0.1) is 29.3 Å². The first-order valence-electron chi connectivity index (χ1n) is 5.56. The molecule has 0 atom stereocenters. The molecular formula is C13H12F3N3. The van der Waals surface area contributed by atoms with E-state index < -0.39 is 11.7 Å². The Morgan fingerprint density at radius 1 is 0.947 bits per heavy atom. The van der Waals surface area contributed by atoms with Crippen LogP contribution in [-0.2, 0) is 6.18 Å². The summed E-state index contributed by atoms with van der Waals surface area (Å²) in [6.07, 6.45) is -1.07. The molecule has 0 spiro atoms. The zero-order valence-electron chi connectivity index (χ0n) is 10.1. The van der Waals surface area contributed by atoms with Crippen LogP contribution in [-0.4, -0.2) is 12.0 Å². The van der Waals surface area contributed by atoms with Crippen LogP contribution < -0.4 is 10.6 Å². The lowest BCUT2D eigenvalue weighted by Crippen LogP contribution is -2.04. The molecule has 0 fully saturated rings. The van der Waals surface area contributed by atoms with Crippen molar-refractivity contribution in [3.05, 3.63) is 48.3 Å². The molecule has 1 aromatic heterocycles. The number of halogens is 3. The maximum absolute atomic E-state index is 12.4. The van der Waals surface area contributed by atoms with Crippen molar-refractivity contribution < 1.29 is 13.2 Å². The van der Waals surface area contributed by atoms with Gasteiger partial charge in [0.25, 0.3) is 0 Å². The molecule has 2 aromatic rings. The number of alkyl halides is 3. The number of anilines is 3. The van der Waals surface area contributed by atoms with Gasteiger partial charge in [-0.05, 0) is 30.3 Å². The minimum atomic E-state index is -4.31. The van der Waals surface area contributed by atoms with E-state index in [0.717, 1.165) is 17.8 Å². The third-order valence-corrected chi connectivity index (χ3v) is 2.53. The van der Waals surface area contributed by atoms with Gasteiger partial charge in [-0.25, -0.2) is 0 Å². The molecule has 6 heteroatoms. The van der Waals surface area contributed by atoms with Crippen LogP contribution in [0.2, 0.25) is 0 Å². The second-order valence-corrected chi connectivity index (χ2v) is 3.91. The topological polar surface area (TPSA) is 37.0 Å². The molecule has 1 heterocycles. The summed E-state index contributed by atoms with van der Waals surface area (Å²) in [4.78, 5) is 4.00. The summed E-state index contributed by atoms with van der Waals surface area (Å²) in [5.74, 6) is 0. The maximum Gasteiger partial charge on any atom is 0.416 e. The van der Waals surface area contributed by atoms with E-state index >= 15 is 0 Å². The van der Waals surface area contributed by atoms with Crippen molar-refractivity contribution in [2.45, 2.75) is 6.18 Å². The Morgan fingerprint density at radius 2 is 1.58 bits per heavy atom. The Hall–Kier alpha value is -2.24. The molecule has 1 aromatic carbocycles. The molecule has 2 rings (SSSR count). The summed E-state index contributed by atoms with van der Waals surface area (Å²) in [6.45, 7) is 0. The predicted octanol–water partition coefficient (Wildman–Crippen LogP) is 3.89. The Morgan fingerprint density at radius 3 is 2.16 bits per heavy atom. The molecule has 0 radical (unpaired) electrons. The first-order valence-corrected chi connectivity index (χ1v) is 5.56. The minimum absolute atomic E-state index is 0.572. The second kappa shape index (κ2) is 5.17. The monoisotopic (exact) mass is 267 g/mol. The molecule has 19 heavy (non-hydrogen) atoms. The number of hydrogen-bond acceptors (Lipinski definition) is 3. The van der Waals surface area contributed by atoms with Crippen LogP contribution in [0.4, 0.5) is 30.2 Å². The van der Waals surface area contributed by atoms with Crippen LogP contribution >= 0.6 is 0 Å².